The normalized spacial score (nSPS) is 10.9. The third-order valence-electron chi connectivity index (χ3n) is 6.18. The number of phenols is 1. The first-order valence-electron chi connectivity index (χ1n) is 11.5. The first-order chi connectivity index (χ1) is 17.7. The summed E-state index contributed by atoms with van der Waals surface area (Å²) in [4.78, 5) is 9.54. The van der Waals surface area contributed by atoms with Gasteiger partial charge >= 0.3 is 0 Å². The first kappa shape index (κ1) is 21.3. The summed E-state index contributed by atoms with van der Waals surface area (Å²) in [6.07, 6.45) is 1.77. The Kier molecular flexibility index (Phi) is 5.25. The van der Waals surface area contributed by atoms with Gasteiger partial charge in [0.2, 0.25) is 0 Å². The summed E-state index contributed by atoms with van der Waals surface area (Å²) < 4.78 is 2.00. The largest absolute Gasteiger partial charge is 0.507 e. The summed E-state index contributed by atoms with van der Waals surface area (Å²) in [5.41, 5.74) is 7.19. The molecule has 0 saturated heterocycles. The summed E-state index contributed by atoms with van der Waals surface area (Å²) in [5, 5.41) is 20.6. The minimum atomic E-state index is 0.143. The van der Waals surface area contributed by atoms with Crippen molar-refractivity contribution in [3.8, 4) is 51.3 Å². The zero-order chi connectivity index (χ0) is 24.5. The molecule has 5 heteroatoms. The van der Waals surface area contributed by atoms with Crippen molar-refractivity contribution in [2.75, 3.05) is 0 Å². The molecule has 0 fully saturated rings. The number of hydrogen-bond acceptors (Lipinski definition) is 4. The summed E-state index contributed by atoms with van der Waals surface area (Å²) >= 11 is 0. The van der Waals surface area contributed by atoms with E-state index in [0.717, 1.165) is 39.1 Å². The van der Waals surface area contributed by atoms with Crippen molar-refractivity contribution >= 4 is 11.0 Å². The molecule has 0 atom stereocenters. The third-order valence-corrected chi connectivity index (χ3v) is 6.18. The number of benzene rings is 4. The molecule has 0 unspecified atom stereocenters. The van der Waals surface area contributed by atoms with Gasteiger partial charge in [0.15, 0.2) is 0 Å². The maximum absolute atomic E-state index is 10.7. The molecule has 1 N–H and O–H groups in total. The maximum atomic E-state index is 10.7. The second kappa shape index (κ2) is 8.86. The lowest BCUT2D eigenvalue weighted by Gasteiger charge is -2.11. The highest BCUT2D eigenvalue weighted by Gasteiger charge is 2.20. The van der Waals surface area contributed by atoms with Crippen LogP contribution in [0.3, 0.4) is 0 Å². The second-order valence-electron chi connectivity index (χ2n) is 8.42. The van der Waals surface area contributed by atoms with Crippen LogP contribution in [0.25, 0.3) is 50.5 Å². The van der Waals surface area contributed by atoms with Crippen LogP contribution in [0.1, 0.15) is 5.56 Å². The molecule has 170 valence electrons. The molecule has 6 aromatic rings. The van der Waals surface area contributed by atoms with Crippen LogP contribution in [-0.4, -0.2) is 19.6 Å². The average molecular weight is 465 g/mol. The minimum absolute atomic E-state index is 0.143. The van der Waals surface area contributed by atoms with E-state index in [4.69, 9.17) is 4.98 Å². The number of fused-ring (bicyclic) bond motifs is 1. The fourth-order valence-electron chi connectivity index (χ4n) is 4.52. The van der Waals surface area contributed by atoms with Gasteiger partial charge < -0.3 is 5.11 Å². The molecule has 0 aliphatic rings. The molecule has 2 aromatic heterocycles. The van der Waals surface area contributed by atoms with Crippen molar-refractivity contribution in [2.24, 2.45) is 0 Å². The van der Waals surface area contributed by atoms with Crippen LogP contribution in [0.15, 0.2) is 115 Å². The average Bonchev–Trinajstić information content (AvgIpc) is 3.33. The van der Waals surface area contributed by atoms with Gasteiger partial charge in [0.25, 0.3) is 0 Å². The number of nitriles is 1. The van der Waals surface area contributed by atoms with E-state index >= 15 is 0 Å². The van der Waals surface area contributed by atoms with E-state index < -0.39 is 0 Å². The Labute approximate surface area is 208 Å². The maximum Gasteiger partial charge on any atom is 0.149 e. The number of nitrogens with zero attached hydrogens (tertiary/aromatic N) is 4. The predicted octanol–water partition coefficient (Wildman–Crippen LogP) is 7.00. The highest BCUT2D eigenvalue weighted by atomic mass is 16.3. The summed E-state index contributed by atoms with van der Waals surface area (Å²) in [6, 6.07) is 37.0. The van der Waals surface area contributed by atoms with E-state index in [9.17, 15) is 10.4 Å². The number of hydrogen-bond donors (Lipinski definition) is 1. The van der Waals surface area contributed by atoms with Gasteiger partial charge in [-0.15, -0.1) is 0 Å². The van der Waals surface area contributed by atoms with Gasteiger partial charge in [-0.3, -0.25) is 9.55 Å². The van der Waals surface area contributed by atoms with E-state index in [1.54, 1.807) is 18.3 Å². The first-order valence-corrected chi connectivity index (χ1v) is 11.5. The van der Waals surface area contributed by atoms with Crippen molar-refractivity contribution in [1.82, 2.24) is 14.5 Å². The fourth-order valence-corrected chi connectivity index (χ4v) is 4.52. The number of pyridine rings is 1. The molecule has 6 rings (SSSR count). The topological polar surface area (TPSA) is 74.7 Å². The molecule has 2 heterocycles. The van der Waals surface area contributed by atoms with Gasteiger partial charge in [0, 0.05) is 23.0 Å². The lowest BCUT2D eigenvalue weighted by molar-refractivity contribution is 0.477. The number of aromatic nitrogens is 3. The summed E-state index contributed by atoms with van der Waals surface area (Å²) in [6.45, 7) is 0. The van der Waals surface area contributed by atoms with Crippen molar-refractivity contribution in [1.29, 1.82) is 5.26 Å². The number of aromatic hydroxyl groups is 1. The van der Waals surface area contributed by atoms with Crippen LogP contribution in [0.4, 0.5) is 0 Å². The van der Waals surface area contributed by atoms with Gasteiger partial charge in [-0.25, -0.2) is 4.98 Å². The van der Waals surface area contributed by atoms with Crippen LogP contribution in [-0.2, 0) is 0 Å². The van der Waals surface area contributed by atoms with E-state index in [1.165, 1.54) is 0 Å². The quantitative estimate of drug-likeness (QED) is 0.305. The minimum Gasteiger partial charge on any atom is -0.507 e. The molecule has 4 aromatic carbocycles. The number of phenolic OH excluding ortho intramolecular Hbond substituents is 1. The Bertz CT molecular complexity index is 1750. The third kappa shape index (κ3) is 3.67. The molecular formula is C31H20N4O. The van der Waals surface area contributed by atoms with Gasteiger partial charge in [-0.2, -0.15) is 5.26 Å². The second-order valence-corrected chi connectivity index (χ2v) is 8.42. The molecule has 0 spiro atoms. The van der Waals surface area contributed by atoms with Crippen molar-refractivity contribution in [3.63, 3.8) is 0 Å². The van der Waals surface area contributed by atoms with Crippen molar-refractivity contribution in [3.05, 3.63) is 121 Å². The van der Waals surface area contributed by atoms with Crippen molar-refractivity contribution in [2.45, 2.75) is 0 Å². The van der Waals surface area contributed by atoms with Gasteiger partial charge in [0.05, 0.1) is 33.9 Å². The molecule has 0 aliphatic carbocycles. The van der Waals surface area contributed by atoms with Crippen LogP contribution in [0, 0.1) is 11.3 Å². The van der Waals surface area contributed by atoms with Crippen molar-refractivity contribution < 1.29 is 5.11 Å². The molecular weight excluding hydrogens is 444 g/mol. The van der Waals surface area contributed by atoms with Gasteiger partial charge in [0.1, 0.15) is 11.6 Å². The molecule has 0 bridgehead atoms. The molecule has 0 saturated carbocycles. The fraction of sp³-hybridized carbons (Fsp3) is 0. The Balaban J connectivity index is 1.67. The van der Waals surface area contributed by atoms with Crippen LogP contribution in [0.5, 0.6) is 5.75 Å². The molecule has 0 aliphatic heterocycles. The molecule has 0 amide bonds. The summed E-state index contributed by atoms with van der Waals surface area (Å²) in [7, 11) is 0. The predicted molar refractivity (Wildman–Crippen MR) is 142 cm³/mol. The van der Waals surface area contributed by atoms with Crippen LogP contribution < -0.4 is 0 Å². The summed E-state index contributed by atoms with van der Waals surface area (Å²) in [5.74, 6) is 0.746. The number of rotatable bonds is 4. The Morgan fingerprint density at radius 1 is 0.722 bits per heavy atom. The monoisotopic (exact) mass is 464 g/mol. The van der Waals surface area contributed by atoms with E-state index in [0.29, 0.717) is 17.0 Å². The Morgan fingerprint density at radius 2 is 1.50 bits per heavy atom. The number of imidazole rings is 1. The standard InChI is InChI=1S/C31H20N4O/c32-20-21-17-26(22-9-8-10-23(19-22)27-14-6-7-16-33-27)30-28(18-21)35(24-11-2-1-3-12-24)31(34-30)25-13-4-5-15-29(25)36/h1-19,36H. The molecule has 0 radical (unpaired) electrons. The highest BCUT2D eigenvalue weighted by molar-refractivity contribution is 5.97. The molecule has 5 nitrogen and oxygen atoms in total. The SMILES string of the molecule is N#Cc1cc(-c2cccc(-c3ccccn3)c2)c2nc(-c3ccccc3O)n(-c3ccccc3)c2c1. The zero-order valence-corrected chi connectivity index (χ0v) is 19.2. The highest BCUT2D eigenvalue weighted by Crippen LogP contribution is 2.38. The lowest BCUT2D eigenvalue weighted by atomic mass is 9.98. The number of para-hydroxylation sites is 2. The van der Waals surface area contributed by atoms with Gasteiger partial charge in [-0.1, -0.05) is 54.6 Å². The molecule has 36 heavy (non-hydrogen) atoms. The van der Waals surface area contributed by atoms with Crippen LogP contribution >= 0.6 is 0 Å². The zero-order valence-electron chi connectivity index (χ0n) is 19.2. The van der Waals surface area contributed by atoms with E-state index in [1.807, 2.05) is 95.6 Å². The Hall–Kier alpha value is -5.21. The van der Waals surface area contributed by atoms with E-state index in [-0.39, 0.29) is 5.75 Å². The smallest absolute Gasteiger partial charge is 0.149 e. The lowest BCUT2D eigenvalue weighted by Crippen LogP contribution is -1.97. The Morgan fingerprint density at radius 3 is 2.28 bits per heavy atom. The van der Waals surface area contributed by atoms with Gasteiger partial charge in [-0.05, 0) is 60.2 Å². The van der Waals surface area contributed by atoms with E-state index in [2.05, 4.69) is 17.1 Å². The van der Waals surface area contributed by atoms with Crippen LogP contribution in [0.2, 0.25) is 0 Å².